The van der Waals surface area contributed by atoms with E-state index in [1.54, 1.807) is 16.8 Å². The molecule has 0 atom stereocenters. The van der Waals surface area contributed by atoms with E-state index in [2.05, 4.69) is 20.4 Å². The third-order valence-electron chi connectivity index (χ3n) is 2.93. The second-order valence-electron chi connectivity index (χ2n) is 4.59. The van der Waals surface area contributed by atoms with Gasteiger partial charge in [0, 0.05) is 18.3 Å². The van der Waals surface area contributed by atoms with Crippen LogP contribution in [0.4, 0.5) is 5.82 Å². The van der Waals surface area contributed by atoms with E-state index >= 15 is 0 Å². The van der Waals surface area contributed by atoms with Crippen LogP contribution in [-0.2, 0) is 13.0 Å². The molecule has 2 heterocycles. The van der Waals surface area contributed by atoms with Gasteiger partial charge in [-0.2, -0.15) is 5.10 Å². The van der Waals surface area contributed by atoms with E-state index < -0.39 is 0 Å². The van der Waals surface area contributed by atoms with Crippen LogP contribution in [0.15, 0.2) is 12.1 Å². The van der Waals surface area contributed by atoms with Gasteiger partial charge in [0.2, 0.25) is 0 Å². The number of anilines is 1. The Morgan fingerprint density at radius 3 is 2.65 bits per heavy atom. The van der Waals surface area contributed by atoms with Crippen molar-refractivity contribution in [3.8, 4) is 0 Å². The van der Waals surface area contributed by atoms with Crippen LogP contribution < -0.4 is 5.32 Å². The van der Waals surface area contributed by atoms with Gasteiger partial charge in [0.05, 0.1) is 5.69 Å². The fourth-order valence-corrected chi connectivity index (χ4v) is 2.02. The van der Waals surface area contributed by atoms with Crippen molar-refractivity contribution in [2.24, 2.45) is 0 Å². The molecule has 0 spiro atoms. The van der Waals surface area contributed by atoms with Crippen molar-refractivity contribution < 1.29 is 4.79 Å². The zero-order valence-electron chi connectivity index (χ0n) is 12.3. The average molecular weight is 273 g/mol. The van der Waals surface area contributed by atoms with E-state index in [-0.39, 0.29) is 5.91 Å². The summed E-state index contributed by atoms with van der Waals surface area (Å²) in [7, 11) is 0. The number of rotatable bonds is 4. The summed E-state index contributed by atoms with van der Waals surface area (Å²) < 4.78 is 1.68. The Bertz CT molecular complexity index is 632. The van der Waals surface area contributed by atoms with E-state index in [0.29, 0.717) is 23.9 Å². The molecule has 0 bridgehead atoms. The number of aromatic nitrogens is 4. The van der Waals surface area contributed by atoms with Crippen LogP contribution in [0.3, 0.4) is 0 Å². The predicted molar refractivity (Wildman–Crippen MR) is 76.7 cm³/mol. The molecule has 0 saturated heterocycles. The molecule has 0 aliphatic carbocycles. The molecule has 2 rings (SSSR count). The molecular weight excluding hydrogens is 254 g/mol. The molecule has 2 aromatic rings. The van der Waals surface area contributed by atoms with E-state index in [1.165, 1.54) is 0 Å². The van der Waals surface area contributed by atoms with Crippen molar-refractivity contribution in [1.82, 2.24) is 19.7 Å². The van der Waals surface area contributed by atoms with Crippen LogP contribution in [0.5, 0.6) is 0 Å². The van der Waals surface area contributed by atoms with Gasteiger partial charge in [-0.1, -0.05) is 6.92 Å². The molecule has 0 unspecified atom stereocenters. The maximum absolute atomic E-state index is 12.3. The van der Waals surface area contributed by atoms with Crippen molar-refractivity contribution in [1.29, 1.82) is 0 Å². The molecule has 1 amide bonds. The topological polar surface area (TPSA) is 72.7 Å². The highest BCUT2D eigenvalue weighted by Crippen LogP contribution is 2.11. The Morgan fingerprint density at radius 1 is 1.25 bits per heavy atom. The zero-order valence-corrected chi connectivity index (χ0v) is 12.3. The second-order valence-corrected chi connectivity index (χ2v) is 4.59. The first kappa shape index (κ1) is 14.2. The number of hydrogen-bond donors (Lipinski definition) is 1. The minimum Gasteiger partial charge on any atom is -0.305 e. The number of amides is 1. The standard InChI is InChI=1S/C14H19N5O/c1-5-11-8-13(16-10(4)15-11)17-14(20)12-7-9(3)18-19(12)6-2/h7-8H,5-6H2,1-4H3,(H,15,16,17,20). The molecule has 0 saturated carbocycles. The molecule has 106 valence electrons. The minimum atomic E-state index is -0.201. The lowest BCUT2D eigenvalue weighted by atomic mass is 10.3. The maximum Gasteiger partial charge on any atom is 0.275 e. The van der Waals surface area contributed by atoms with E-state index in [9.17, 15) is 4.79 Å². The van der Waals surface area contributed by atoms with Gasteiger partial charge in [-0.25, -0.2) is 9.97 Å². The van der Waals surface area contributed by atoms with Gasteiger partial charge in [-0.05, 0) is 33.3 Å². The summed E-state index contributed by atoms with van der Waals surface area (Å²) in [4.78, 5) is 20.8. The fourth-order valence-electron chi connectivity index (χ4n) is 2.02. The highest BCUT2D eigenvalue weighted by atomic mass is 16.2. The first-order valence-electron chi connectivity index (χ1n) is 6.73. The summed E-state index contributed by atoms with van der Waals surface area (Å²) in [6.45, 7) is 8.30. The van der Waals surface area contributed by atoms with Crippen molar-refractivity contribution in [2.45, 2.75) is 40.7 Å². The average Bonchev–Trinajstić information content (AvgIpc) is 2.79. The van der Waals surface area contributed by atoms with Crippen LogP contribution in [-0.4, -0.2) is 25.7 Å². The first-order chi connectivity index (χ1) is 9.53. The largest absolute Gasteiger partial charge is 0.305 e. The molecule has 0 radical (unpaired) electrons. The molecule has 6 nitrogen and oxygen atoms in total. The SMILES string of the molecule is CCc1cc(NC(=O)c2cc(C)nn2CC)nc(C)n1. The van der Waals surface area contributed by atoms with Crippen LogP contribution in [0.2, 0.25) is 0 Å². The maximum atomic E-state index is 12.3. The lowest BCUT2D eigenvalue weighted by molar-refractivity contribution is 0.101. The Labute approximate surface area is 118 Å². The number of carbonyl (C=O) groups is 1. The molecule has 6 heteroatoms. The highest BCUT2D eigenvalue weighted by Gasteiger charge is 2.14. The summed E-state index contributed by atoms with van der Waals surface area (Å²) >= 11 is 0. The van der Waals surface area contributed by atoms with E-state index in [1.807, 2.05) is 27.7 Å². The number of nitrogens with zero attached hydrogens (tertiary/aromatic N) is 4. The Morgan fingerprint density at radius 2 is 2.00 bits per heavy atom. The summed E-state index contributed by atoms with van der Waals surface area (Å²) in [6, 6.07) is 3.57. The third kappa shape index (κ3) is 3.01. The fraction of sp³-hybridized carbons (Fsp3) is 0.429. The monoisotopic (exact) mass is 273 g/mol. The summed E-state index contributed by atoms with van der Waals surface area (Å²) in [5.41, 5.74) is 2.28. The Hall–Kier alpha value is -2.24. The number of carbonyl (C=O) groups excluding carboxylic acids is 1. The molecule has 0 aromatic carbocycles. The number of aryl methyl sites for hydroxylation is 4. The molecule has 0 fully saturated rings. The van der Waals surface area contributed by atoms with Gasteiger partial charge in [0.25, 0.3) is 5.91 Å². The summed E-state index contributed by atoms with van der Waals surface area (Å²) in [5.74, 6) is 0.980. The van der Waals surface area contributed by atoms with Crippen molar-refractivity contribution in [2.75, 3.05) is 5.32 Å². The van der Waals surface area contributed by atoms with Gasteiger partial charge in [-0.3, -0.25) is 9.48 Å². The predicted octanol–water partition coefficient (Wildman–Crippen LogP) is 2.12. The zero-order chi connectivity index (χ0) is 14.7. The Balaban J connectivity index is 2.25. The lowest BCUT2D eigenvalue weighted by Crippen LogP contribution is -2.18. The van der Waals surface area contributed by atoms with Gasteiger partial charge >= 0.3 is 0 Å². The molecule has 20 heavy (non-hydrogen) atoms. The van der Waals surface area contributed by atoms with Crippen LogP contribution in [0, 0.1) is 13.8 Å². The molecule has 1 N–H and O–H groups in total. The van der Waals surface area contributed by atoms with Crippen molar-refractivity contribution >= 4 is 11.7 Å². The summed E-state index contributed by atoms with van der Waals surface area (Å²) in [5, 5.41) is 7.08. The van der Waals surface area contributed by atoms with Crippen molar-refractivity contribution in [3.05, 3.63) is 35.0 Å². The lowest BCUT2D eigenvalue weighted by Gasteiger charge is -2.07. The van der Waals surface area contributed by atoms with Gasteiger partial charge in [0.1, 0.15) is 17.3 Å². The highest BCUT2D eigenvalue weighted by molar-refractivity contribution is 6.02. The minimum absolute atomic E-state index is 0.201. The molecule has 0 aliphatic rings. The van der Waals surface area contributed by atoms with Gasteiger partial charge in [0.15, 0.2) is 0 Å². The third-order valence-corrected chi connectivity index (χ3v) is 2.93. The normalized spacial score (nSPS) is 10.6. The van der Waals surface area contributed by atoms with Crippen LogP contribution in [0.25, 0.3) is 0 Å². The summed E-state index contributed by atoms with van der Waals surface area (Å²) in [6.07, 6.45) is 0.804. The quantitative estimate of drug-likeness (QED) is 0.926. The van der Waals surface area contributed by atoms with E-state index in [0.717, 1.165) is 17.8 Å². The number of nitrogens with one attached hydrogen (secondary N) is 1. The van der Waals surface area contributed by atoms with Crippen LogP contribution >= 0.6 is 0 Å². The van der Waals surface area contributed by atoms with Gasteiger partial charge in [-0.15, -0.1) is 0 Å². The molecular formula is C14H19N5O. The van der Waals surface area contributed by atoms with Crippen molar-refractivity contribution in [3.63, 3.8) is 0 Å². The molecule has 2 aromatic heterocycles. The van der Waals surface area contributed by atoms with Crippen LogP contribution in [0.1, 0.15) is 41.5 Å². The number of hydrogen-bond acceptors (Lipinski definition) is 4. The first-order valence-corrected chi connectivity index (χ1v) is 6.73. The Kier molecular flexibility index (Phi) is 4.12. The van der Waals surface area contributed by atoms with E-state index in [4.69, 9.17) is 0 Å². The second kappa shape index (κ2) is 5.81. The molecule has 0 aliphatic heterocycles. The smallest absolute Gasteiger partial charge is 0.275 e. The van der Waals surface area contributed by atoms with Gasteiger partial charge < -0.3 is 5.32 Å².